The van der Waals surface area contributed by atoms with Gasteiger partial charge in [-0.3, -0.25) is 4.79 Å². The zero-order chi connectivity index (χ0) is 10.6. The molecule has 0 saturated heterocycles. The molecule has 1 aromatic rings. The van der Waals surface area contributed by atoms with Crippen LogP contribution in [-0.4, -0.2) is 26.0 Å². The van der Waals surface area contributed by atoms with Crippen LogP contribution in [-0.2, 0) is 18.3 Å². The number of hydrogen-bond donors (Lipinski definition) is 0. The summed E-state index contributed by atoms with van der Waals surface area (Å²) in [4.78, 5) is 12.8. The Balaban J connectivity index is 2.34. The van der Waals surface area contributed by atoms with Crippen molar-refractivity contribution in [3.63, 3.8) is 0 Å². The molecule has 0 aliphatic carbocycles. The number of aromatic nitrogens is 4. The summed E-state index contributed by atoms with van der Waals surface area (Å²) in [7, 11) is 1.69. The second kappa shape index (κ2) is 4.83. The van der Waals surface area contributed by atoms with Crippen molar-refractivity contribution in [1.29, 1.82) is 0 Å². The van der Waals surface area contributed by atoms with Crippen molar-refractivity contribution in [3.8, 4) is 0 Å². The monoisotopic (exact) mass is 196 g/mol. The largest absolute Gasteiger partial charge is 0.299 e. The molecular formula is C9H16N4O. The van der Waals surface area contributed by atoms with Crippen LogP contribution < -0.4 is 0 Å². The van der Waals surface area contributed by atoms with E-state index in [-0.39, 0.29) is 5.78 Å². The third-order valence-corrected chi connectivity index (χ3v) is 1.91. The molecule has 0 aliphatic rings. The predicted octanol–water partition coefficient (Wildman–Crippen LogP) is 0.758. The lowest BCUT2D eigenvalue weighted by molar-refractivity contribution is -0.118. The molecule has 0 unspecified atom stereocenters. The van der Waals surface area contributed by atoms with Crippen LogP contribution in [0.3, 0.4) is 0 Å². The van der Waals surface area contributed by atoms with Crippen molar-refractivity contribution < 1.29 is 4.79 Å². The van der Waals surface area contributed by atoms with E-state index in [0.717, 1.165) is 6.42 Å². The number of carbonyl (C=O) groups excluding carboxylic acids is 1. The number of hydrogen-bond acceptors (Lipinski definition) is 4. The maximum absolute atomic E-state index is 11.4. The summed E-state index contributed by atoms with van der Waals surface area (Å²) in [5.74, 6) is 1.27. The van der Waals surface area contributed by atoms with Crippen molar-refractivity contribution >= 4 is 5.78 Å². The third kappa shape index (κ3) is 3.64. The Morgan fingerprint density at radius 3 is 2.71 bits per heavy atom. The van der Waals surface area contributed by atoms with E-state index >= 15 is 0 Å². The molecule has 1 rings (SSSR count). The molecule has 0 amide bonds. The fourth-order valence-corrected chi connectivity index (χ4v) is 1.11. The van der Waals surface area contributed by atoms with Gasteiger partial charge in [-0.2, -0.15) is 4.80 Å². The predicted molar refractivity (Wildman–Crippen MR) is 51.6 cm³/mol. The SMILES string of the molecule is CC(C)CCC(=O)Cc1nnn(C)n1. The van der Waals surface area contributed by atoms with Gasteiger partial charge in [-0.15, -0.1) is 10.2 Å². The van der Waals surface area contributed by atoms with Gasteiger partial charge in [-0.05, 0) is 17.6 Å². The summed E-state index contributed by atoms with van der Waals surface area (Å²) < 4.78 is 0. The molecule has 0 aromatic carbocycles. The highest BCUT2D eigenvalue weighted by atomic mass is 16.1. The number of tetrazole rings is 1. The average molecular weight is 196 g/mol. The minimum absolute atomic E-state index is 0.187. The Morgan fingerprint density at radius 1 is 1.50 bits per heavy atom. The van der Waals surface area contributed by atoms with E-state index in [1.54, 1.807) is 7.05 Å². The molecule has 78 valence electrons. The van der Waals surface area contributed by atoms with E-state index in [2.05, 4.69) is 29.3 Å². The highest BCUT2D eigenvalue weighted by Gasteiger charge is 2.08. The van der Waals surface area contributed by atoms with E-state index in [1.165, 1.54) is 4.80 Å². The van der Waals surface area contributed by atoms with E-state index in [1.807, 2.05) is 0 Å². The molecule has 0 fully saturated rings. The number of rotatable bonds is 5. The number of aryl methyl sites for hydroxylation is 1. The molecule has 5 nitrogen and oxygen atoms in total. The van der Waals surface area contributed by atoms with Crippen LogP contribution in [0.5, 0.6) is 0 Å². The Hall–Kier alpha value is -1.26. The summed E-state index contributed by atoms with van der Waals surface area (Å²) in [5.41, 5.74) is 0. The van der Waals surface area contributed by atoms with Crippen LogP contribution in [0, 0.1) is 5.92 Å². The van der Waals surface area contributed by atoms with Gasteiger partial charge in [0.15, 0.2) is 5.82 Å². The first-order valence-corrected chi connectivity index (χ1v) is 4.82. The second-order valence-corrected chi connectivity index (χ2v) is 3.84. The lowest BCUT2D eigenvalue weighted by Crippen LogP contribution is -2.06. The van der Waals surface area contributed by atoms with Crippen LogP contribution in [0.1, 0.15) is 32.5 Å². The van der Waals surface area contributed by atoms with Gasteiger partial charge in [0.1, 0.15) is 5.78 Å². The average Bonchev–Trinajstić information content (AvgIpc) is 2.48. The van der Waals surface area contributed by atoms with Crippen LogP contribution in [0.2, 0.25) is 0 Å². The van der Waals surface area contributed by atoms with Crippen LogP contribution in [0.15, 0.2) is 0 Å². The smallest absolute Gasteiger partial charge is 0.182 e. The standard InChI is InChI=1S/C9H16N4O/c1-7(2)4-5-8(14)6-9-10-12-13(3)11-9/h7H,4-6H2,1-3H3. The number of carbonyl (C=O) groups is 1. The molecule has 0 spiro atoms. The Kier molecular flexibility index (Phi) is 3.73. The first kappa shape index (κ1) is 10.8. The molecule has 0 saturated carbocycles. The lowest BCUT2D eigenvalue weighted by Gasteiger charge is -2.01. The van der Waals surface area contributed by atoms with Gasteiger partial charge in [0, 0.05) is 6.42 Å². The van der Waals surface area contributed by atoms with E-state index in [0.29, 0.717) is 24.6 Å². The molecule has 0 bridgehead atoms. The first-order valence-electron chi connectivity index (χ1n) is 4.82. The molecular weight excluding hydrogens is 180 g/mol. The molecule has 0 atom stereocenters. The zero-order valence-electron chi connectivity index (χ0n) is 8.90. The Labute approximate surface area is 83.5 Å². The van der Waals surface area contributed by atoms with Gasteiger partial charge in [0.05, 0.1) is 13.5 Å². The molecule has 1 aromatic heterocycles. The van der Waals surface area contributed by atoms with Crippen molar-refractivity contribution in [2.75, 3.05) is 0 Å². The highest BCUT2D eigenvalue weighted by molar-refractivity contribution is 5.79. The number of Topliss-reactive ketones (excluding diaryl/α,β-unsaturated/α-hetero) is 1. The maximum atomic E-state index is 11.4. The normalized spacial score (nSPS) is 10.9. The number of ketones is 1. The Morgan fingerprint density at radius 2 is 2.21 bits per heavy atom. The van der Waals surface area contributed by atoms with Gasteiger partial charge in [-0.25, -0.2) is 0 Å². The van der Waals surface area contributed by atoms with Crippen molar-refractivity contribution in [2.24, 2.45) is 13.0 Å². The number of nitrogens with zero attached hydrogens (tertiary/aromatic N) is 4. The van der Waals surface area contributed by atoms with Gasteiger partial charge < -0.3 is 0 Å². The third-order valence-electron chi connectivity index (χ3n) is 1.91. The fraction of sp³-hybridized carbons (Fsp3) is 0.778. The summed E-state index contributed by atoms with van der Waals surface area (Å²) in [5, 5.41) is 11.4. The lowest BCUT2D eigenvalue weighted by atomic mass is 10.0. The Bertz CT molecular complexity index is 306. The van der Waals surface area contributed by atoms with Crippen molar-refractivity contribution in [1.82, 2.24) is 20.2 Å². The molecule has 0 N–H and O–H groups in total. The van der Waals surface area contributed by atoms with E-state index in [9.17, 15) is 4.79 Å². The summed E-state index contributed by atoms with van der Waals surface area (Å²) in [6.45, 7) is 4.21. The molecule has 0 aliphatic heterocycles. The molecule has 0 radical (unpaired) electrons. The van der Waals surface area contributed by atoms with Crippen LogP contribution >= 0.6 is 0 Å². The van der Waals surface area contributed by atoms with Gasteiger partial charge in [0.2, 0.25) is 0 Å². The molecule has 14 heavy (non-hydrogen) atoms. The van der Waals surface area contributed by atoms with E-state index in [4.69, 9.17) is 0 Å². The minimum Gasteiger partial charge on any atom is -0.299 e. The summed E-state index contributed by atoms with van der Waals surface area (Å²) in [6.07, 6.45) is 1.84. The minimum atomic E-state index is 0.187. The zero-order valence-corrected chi connectivity index (χ0v) is 8.90. The van der Waals surface area contributed by atoms with E-state index < -0.39 is 0 Å². The van der Waals surface area contributed by atoms with Crippen molar-refractivity contribution in [2.45, 2.75) is 33.1 Å². The quantitative estimate of drug-likeness (QED) is 0.697. The van der Waals surface area contributed by atoms with Crippen molar-refractivity contribution in [3.05, 3.63) is 5.82 Å². The molecule has 5 heteroatoms. The van der Waals surface area contributed by atoms with Gasteiger partial charge in [0.25, 0.3) is 0 Å². The maximum Gasteiger partial charge on any atom is 0.182 e. The van der Waals surface area contributed by atoms with Gasteiger partial charge >= 0.3 is 0 Å². The van der Waals surface area contributed by atoms with Crippen LogP contribution in [0.4, 0.5) is 0 Å². The fourth-order valence-electron chi connectivity index (χ4n) is 1.11. The first-order chi connectivity index (χ1) is 6.58. The highest BCUT2D eigenvalue weighted by Crippen LogP contribution is 2.05. The summed E-state index contributed by atoms with van der Waals surface area (Å²) >= 11 is 0. The van der Waals surface area contributed by atoms with Crippen LogP contribution in [0.25, 0.3) is 0 Å². The summed E-state index contributed by atoms with van der Waals surface area (Å²) in [6, 6.07) is 0. The molecule has 1 heterocycles. The van der Waals surface area contributed by atoms with Gasteiger partial charge in [-0.1, -0.05) is 13.8 Å². The second-order valence-electron chi connectivity index (χ2n) is 3.84. The topological polar surface area (TPSA) is 60.7 Å².